The molecule has 1 atom stereocenters. The lowest BCUT2D eigenvalue weighted by atomic mass is 10.1. The van der Waals surface area contributed by atoms with Crippen LogP contribution in [-0.4, -0.2) is 33.4 Å². The first-order valence-electron chi connectivity index (χ1n) is 6.99. The Balaban J connectivity index is 2.07. The van der Waals surface area contributed by atoms with Crippen molar-refractivity contribution in [3.05, 3.63) is 32.3 Å². The maximum atomic E-state index is 13.0. The van der Waals surface area contributed by atoms with Crippen LogP contribution in [0, 0.1) is 6.92 Å². The maximum absolute atomic E-state index is 13.0. The highest BCUT2D eigenvalue weighted by Gasteiger charge is 2.33. The molecule has 2 aromatic rings. The van der Waals surface area contributed by atoms with E-state index >= 15 is 0 Å². The number of carbonyl (C=O) groups excluding carboxylic acids is 1. The number of halogens is 2. The molecule has 2 heterocycles. The number of rotatable bonds is 1. The number of carbonyl (C=O) groups is 1. The van der Waals surface area contributed by atoms with Crippen LogP contribution < -0.4 is 9.64 Å². The third-order valence-corrected chi connectivity index (χ3v) is 4.87. The van der Waals surface area contributed by atoms with Gasteiger partial charge in [0.25, 0.3) is 5.91 Å². The first-order valence-corrected chi connectivity index (χ1v) is 8.58. The van der Waals surface area contributed by atoms with Gasteiger partial charge in [-0.25, -0.2) is 4.68 Å². The van der Waals surface area contributed by atoms with Gasteiger partial charge in [-0.3, -0.25) is 9.69 Å². The molecule has 0 spiro atoms. The van der Waals surface area contributed by atoms with E-state index in [1.807, 2.05) is 13.8 Å². The first kappa shape index (κ1) is 16.3. The number of phenols is 1. The molecule has 8 heteroatoms. The molecule has 0 bridgehead atoms. The van der Waals surface area contributed by atoms with Gasteiger partial charge < -0.3 is 9.84 Å². The standard InChI is InChI=1S/C15H15Br2N3O3/c1-7-6-20(14-13(23-7)8(2)18-19(14)3)15(22)9-4-10(16)12(21)11(17)5-9/h4-5,7,21H,6H2,1-3H3/t7-/m1/s1. The highest BCUT2D eigenvalue weighted by Crippen LogP contribution is 2.38. The van der Waals surface area contributed by atoms with E-state index in [0.29, 0.717) is 32.6 Å². The van der Waals surface area contributed by atoms with Gasteiger partial charge in [-0.15, -0.1) is 0 Å². The molecule has 0 unspecified atom stereocenters. The molecule has 0 saturated heterocycles. The lowest BCUT2D eigenvalue weighted by Gasteiger charge is -2.32. The Morgan fingerprint density at radius 1 is 1.39 bits per heavy atom. The van der Waals surface area contributed by atoms with Crippen molar-refractivity contribution in [2.24, 2.45) is 7.05 Å². The van der Waals surface area contributed by atoms with Gasteiger partial charge in [0.2, 0.25) is 0 Å². The molecule has 23 heavy (non-hydrogen) atoms. The van der Waals surface area contributed by atoms with Gasteiger partial charge in [-0.05, 0) is 57.8 Å². The number of amides is 1. The van der Waals surface area contributed by atoms with E-state index in [4.69, 9.17) is 4.74 Å². The number of ether oxygens (including phenoxy) is 1. The van der Waals surface area contributed by atoms with Crippen LogP contribution in [0.2, 0.25) is 0 Å². The van der Waals surface area contributed by atoms with E-state index < -0.39 is 0 Å². The first-order chi connectivity index (χ1) is 10.8. The number of aromatic nitrogens is 2. The summed E-state index contributed by atoms with van der Waals surface area (Å²) in [5.41, 5.74) is 1.21. The lowest BCUT2D eigenvalue weighted by molar-refractivity contribution is 0.0958. The molecule has 1 aliphatic rings. The van der Waals surface area contributed by atoms with Crippen molar-refractivity contribution < 1.29 is 14.6 Å². The van der Waals surface area contributed by atoms with Crippen LogP contribution in [0.15, 0.2) is 21.1 Å². The summed E-state index contributed by atoms with van der Waals surface area (Å²) in [4.78, 5) is 14.7. The van der Waals surface area contributed by atoms with Gasteiger partial charge in [0, 0.05) is 12.6 Å². The molecule has 1 aromatic carbocycles. The van der Waals surface area contributed by atoms with Gasteiger partial charge in [-0.1, -0.05) is 0 Å². The minimum atomic E-state index is -0.175. The van der Waals surface area contributed by atoms with E-state index in [1.165, 1.54) is 0 Å². The molecule has 6 nitrogen and oxygen atoms in total. The summed E-state index contributed by atoms with van der Waals surface area (Å²) >= 11 is 6.52. The summed E-state index contributed by atoms with van der Waals surface area (Å²) in [5, 5.41) is 14.2. The highest BCUT2D eigenvalue weighted by molar-refractivity contribution is 9.11. The van der Waals surface area contributed by atoms with Crippen molar-refractivity contribution in [2.45, 2.75) is 20.0 Å². The number of phenolic OH excluding ortho intramolecular Hbond substituents is 1. The molecule has 0 aliphatic carbocycles. The van der Waals surface area contributed by atoms with Crippen LogP contribution in [0.4, 0.5) is 5.82 Å². The fraction of sp³-hybridized carbons (Fsp3) is 0.333. The predicted octanol–water partition coefficient (Wildman–Crippen LogP) is 3.39. The van der Waals surface area contributed by atoms with Gasteiger partial charge in [0.05, 0.1) is 15.5 Å². The van der Waals surface area contributed by atoms with Crippen molar-refractivity contribution in [1.29, 1.82) is 0 Å². The normalized spacial score (nSPS) is 16.9. The molecule has 0 saturated carbocycles. The summed E-state index contributed by atoms with van der Waals surface area (Å²) < 4.78 is 8.40. The third kappa shape index (κ3) is 2.74. The molecule has 1 aliphatic heterocycles. The predicted molar refractivity (Wildman–Crippen MR) is 93.2 cm³/mol. The van der Waals surface area contributed by atoms with E-state index in [9.17, 15) is 9.90 Å². The number of anilines is 1. The fourth-order valence-electron chi connectivity index (χ4n) is 2.67. The summed E-state index contributed by atoms with van der Waals surface area (Å²) in [7, 11) is 1.79. The minimum absolute atomic E-state index is 0.0639. The van der Waals surface area contributed by atoms with Gasteiger partial charge in [-0.2, -0.15) is 5.10 Å². The number of fused-ring (bicyclic) bond motifs is 1. The van der Waals surface area contributed by atoms with Gasteiger partial charge in [0.15, 0.2) is 11.6 Å². The molecule has 1 amide bonds. The van der Waals surface area contributed by atoms with Crippen LogP contribution >= 0.6 is 31.9 Å². The molecular formula is C15H15Br2N3O3. The van der Waals surface area contributed by atoms with Crippen LogP contribution in [0.3, 0.4) is 0 Å². The minimum Gasteiger partial charge on any atom is -0.506 e. The smallest absolute Gasteiger partial charge is 0.259 e. The molecular weight excluding hydrogens is 430 g/mol. The quantitative estimate of drug-likeness (QED) is 0.731. The number of hydrogen-bond acceptors (Lipinski definition) is 4. The molecule has 1 aromatic heterocycles. The van der Waals surface area contributed by atoms with Crippen molar-refractivity contribution >= 4 is 43.6 Å². The van der Waals surface area contributed by atoms with Crippen molar-refractivity contribution in [2.75, 3.05) is 11.4 Å². The summed E-state index contributed by atoms with van der Waals surface area (Å²) in [6.07, 6.45) is -0.127. The SMILES string of the molecule is Cc1nn(C)c2c1O[C@H](C)CN2C(=O)c1cc(Br)c(O)c(Br)c1. The second-order valence-electron chi connectivity index (χ2n) is 5.49. The Kier molecular flexibility index (Phi) is 4.14. The van der Waals surface area contributed by atoms with E-state index in [2.05, 4.69) is 37.0 Å². The summed E-state index contributed by atoms with van der Waals surface area (Å²) in [6.45, 7) is 4.20. The second-order valence-corrected chi connectivity index (χ2v) is 7.20. The Morgan fingerprint density at radius 2 is 2.00 bits per heavy atom. The van der Waals surface area contributed by atoms with Gasteiger partial charge in [0.1, 0.15) is 17.5 Å². The lowest BCUT2D eigenvalue weighted by Crippen LogP contribution is -2.43. The zero-order chi connectivity index (χ0) is 16.9. The van der Waals surface area contributed by atoms with Crippen LogP contribution in [0.5, 0.6) is 11.5 Å². The van der Waals surface area contributed by atoms with Gasteiger partial charge >= 0.3 is 0 Å². The van der Waals surface area contributed by atoms with E-state index in [0.717, 1.165) is 5.69 Å². The molecule has 3 rings (SSSR count). The second kappa shape index (κ2) is 5.83. The zero-order valence-electron chi connectivity index (χ0n) is 12.8. The average Bonchev–Trinajstić information content (AvgIpc) is 2.77. The number of aryl methyl sites for hydroxylation is 2. The number of hydrogen-bond donors (Lipinski definition) is 1. The Bertz CT molecular complexity index is 781. The zero-order valence-corrected chi connectivity index (χ0v) is 16.0. The Morgan fingerprint density at radius 3 is 2.61 bits per heavy atom. The highest BCUT2D eigenvalue weighted by atomic mass is 79.9. The third-order valence-electron chi connectivity index (χ3n) is 3.66. The summed E-state index contributed by atoms with van der Waals surface area (Å²) in [5.74, 6) is 1.17. The molecule has 0 fully saturated rings. The van der Waals surface area contributed by atoms with Crippen LogP contribution in [-0.2, 0) is 7.05 Å². The topological polar surface area (TPSA) is 67.6 Å². The van der Waals surface area contributed by atoms with Crippen molar-refractivity contribution in [3.8, 4) is 11.5 Å². The largest absolute Gasteiger partial charge is 0.506 e. The Hall–Kier alpha value is -1.54. The fourth-order valence-corrected chi connectivity index (χ4v) is 3.85. The number of benzene rings is 1. The van der Waals surface area contributed by atoms with E-state index in [-0.39, 0.29) is 17.8 Å². The number of nitrogens with zero attached hydrogens (tertiary/aromatic N) is 3. The van der Waals surface area contributed by atoms with Crippen LogP contribution in [0.1, 0.15) is 23.0 Å². The average molecular weight is 445 g/mol. The Labute approximate surface area is 150 Å². The molecule has 0 radical (unpaired) electrons. The monoisotopic (exact) mass is 443 g/mol. The van der Waals surface area contributed by atoms with Crippen molar-refractivity contribution in [1.82, 2.24) is 9.78 Å². The van der Waals surface area contributed by atoms with Crippen molar-refractivity contribution in [3.63, 3.8) is 0 Å². The summed E-state index contributed by atoms with van der Waals surface area (Å²) in [6, 6.07) is 3.21. The molecule has 1 N–H and O–H groups in total. The molecule has 122 valence electrons. The van der Waals surface area contributed by atoms with Crippen LogP contribution in [0.25, 0.3) is 0 Å². The van der Waals surface area contributed by atoms with E-state index in [1.54, 1.807) is 28.8 Å². The number of aromatic hydroxyl groups is 1. The maximum Gasteiger partial charge on any atom is 0.259 e.